The van der Waals surface area contributed by atoms with Gasteiger partial charge in [0, 0.05) is 13.0 Å². The van der Waals surface area contributed by atoms with Crippen LogP contribution in [-0.2, 0) is 11.2 Å². The van der Waals surface area contributed by atoms with Gasteiger partial charge in [0.25, 0.3) is 0 Å². The van der Waals surface area contributed by atoms with Crippen LogP contribution in [0.25, 0.3) is 0 Å². The number of hydrogen-bond acceptors (Lipinski definition) is 4. The van der Waals surface area contributed by atoms with Gasteiger partial charge in [-0.2, -0.15) is 15.4 Å². The second-order valence-electron chi connectivity index (χ2n) is 7.55. The molecule has 2 atom stereocenters. The number of H-pyrrole nitrogens is 1. The first-order chi connectivity index (χ1) is 11.1. The van der Waals surface area contributed by atoms with Crippen molar-refractivity contribution >= 4 is 5.97 Å². The summed E-state index contributed by atoms with van der Waals surface area (Å²) in [7, 11) is 0. The summed E-state index contributed by atoms with van der Waals surface area (Å²) >= 11 is 0. The first-order valence-corrected chi connectivity index (χ1v) is 8.89. The lowest BCUT2D eigenvalue weighted by atomic mass is 9.74. The highest BCUT2D eigenvalue weighted by atomic mass is 16.4. The molecule has 1 aromatic heterocycles. The topological polar surface area (TPSA) is 82.1 Å². The fraction of sp³-hybridized carbons (Fsp3) is 0.824. The van der Waals surface area contributed by atoms with Crippen LogP contribution in [0.5, 0.6) is 0 Å². The molecule has 2 N–H and O–H groups in total. The van der Waals surface area contributed by atoms with Crippen molar-refractivity contribution < 1.29 is 9.90 Å². The van der Waals surface area contributed by atoms with Gasteiger partial charge in [-0.15, -0.1) is 0 Å². The molecule has 2 fully saturated rings. The Labute approximate surface area is 137 Å². The van der Waals surface area contributed by atoms with E-state index in [4.69, 9.17) is 0 Å². The van der Waals surface area contributed by atoms with Gasteiger partial charge in [0.2, 0.25) is 0 Å². The summed E-state index contributed by atoms with van der Waals surface area (Å²) < 4.78 is 0. The van der Waals surface area contributed by atoms with E-state index < -0.39 is 11.4 Å². The minimum atomic E-state index is -0.689. The Hall–Kier alpha value is -1.43. The van der Waals surface area contributed by atoms with E-state index in [1.807, 2.05) is 0 Å². The van der Waals surface area contributed by atoms with Crippen LogP contribution in [0.2, 0.25) is 0 Å². The van der Waals surface area contributed by atoms with Crippen molar-refractivity contribution in [1.82, 2.24) is 20.3 Å². The van der Waals surface area contributed by atoms with Crippen molar-refractivity contribution in [2.75, 3.05) is 19.6 Å². The SMILES string of the molecule is CC1CCCCC1CN1CCC(Cc2cn[nH]n2)(C(=O)O)CC1. The summed E-state index contributed by atoms with van der Waals surface area (Å²) in [5.41, 5.74) is 0.0766. The van der Waals surface area contributed by atoms with Gasteiger partial charge in [0.15, 0.2) is 0 Å². The molecular weight excluding hydrogens is 292 g/mol. The first kappa shape index (κ1) is 16.4. The Morgan fingerprint density at radius 2 is 2.13 bits per heavy atom. The number of carboxylic acid groups (broad SMARTS) is 1. The first-order valence-electron chi connectivity index (χ1n) is 8.89. The molecule has 0 aromatic carbocycles. The number of nitrogens with one attached hydrogen (secondary N) is 1. The van der Waals surface area contributed by atoms with Gasteiger partial charge in [-0.05, 0) is 44.2 Å². The summed E-state index contributed by atoms with van der Waals surface area (Å²) in [5, 5.41) is 20.2. The number of carbonyl (C=O) groups is 1. The van der Waals surface area contributed by atoms with Gasteiger partial charge in [0.05, 0.1) is 17.3 Å². The largest absolute Gasteiger partial charge is 0.481 e. The van der Waals surface area contributed by atoms with Crippen LogP contribution in [0.4, 0.5) is 0 Å². The van der Waals surface area contributed by atoms with Crippen molar-refractivity contribution in [3.63, 3.8) is 0 Å². The second kappa shape index (κ2) is 6.99. The molecule has 0 radical (unpaired) electrons. The van der Waals surface area contributed by atoms with Gasteiger partial charge in [-0.1, -0.05) is 26.2 Å². The zero-order valence-corrected chi connectivity index (χ0v) is 14.0. The van der Waals surface area contributed by atoms with Crippen molar-refractivity contribution in [3.8, 4) is 0 Å². The molecule has 23 heavy (non-hydrogen) atoms. The maximum atomic E-state index is 11.9. The highest BCUT2D eigenvalue weighted by molar-refractivity contribution is 5.75. The van der Waals surface area contributed by atoms with Gasteiger partial charge < -0.3 is 10.0 Å². The third-order valence-electron chi connectivity index (χ3n) is 6.03. The molecule has 1 aromatic rings. The van der Waals surface area contributed by atoms with Crippen LogP contribution in [-0.4, -0.2) is 51.0 Å². The van der Waals surface area contributed by atoms with Crippen LogP contribution in [0.15, 0.2) is 6.20 Å². The molecule has 1 saturated heterocycles. The molecule has 1 aliphatic carbocycles. The van der Waals surface area contributed by atoms with Crippen molar-refractivity contribution in [3.05, 3.63) is 11.9 Å². The third-order valence-corrected chi connectivity index (χ3v) is 6.03. The molecule has 1 saturated carbocycles. The smallest absolute Gasteiger partial charge is 0.310 e. The van der Waals surface area contributed by atoms with E-state index in [1.165, 1.54) is 25.7 Å². The summed E-state index contributed by atoms with van der Waals surface area (Å²) in [6.07, 6.45) is 8.94. The quantitative estimate of drug-likeness (QED) is 0.870. The Morgan fingerprint density at radius 1 is 1.39 bits per heavy atom. The maximum absolute atomic E-state index is 11.9. The molecule has 0 spiro atoms. The fourth-order valence-corrected chi connectivity index (χ4v) is 4.28. The normalized spacial score (nSPS) is 28.6. The lowest BCUT2D eigenvalue weighted by molar-refractivity contribution is -0.152. The number of carboxylic acids is 1. The number of aliphatic carboxylic acids is 1. The standard InChI is InChI=1S/C17H28N4O2/c1-13-4-2-3-5-14(13)12-21-8-6-17(7-9-21,16(22)23)10-15-11-18-20-19-15/h11,13-14H,2-10,12H2,1H3,(H,22,23)(H,18,19,20). The predicted octanol–water partition coefficient (Wildman–Crippen LogP) is 2.34. The number of piperidine rings is 1. The van der Waals surface area contributed by atoms with Crippen LogP contribution in [0.1, 0.15) is 51.1 Å². The van der Waals surface area contributed by atoms with E-state index in [1.54, 1.807) is 6.20 Å². The Balaban J connectivity index is 1.57. The van der Waals surface area contributed by atoms with Crippen molar-refractivity contribution in [1.29, 1.82) is 0 Å². The molecule has 6 nitrogen and oxygen atoms in total. The van der Waals surface area contributed by atoms with Crippen LogP contribution in [0, 0.1) is 17.3 Å². The van der Waals surface area contributed by atoms with Gasteiger partial charge in [0.1, 0.15) is 0 Å². The summed E-state index contributed by atoms with van der Waals surface area (Å²) in [5.74, 6) is 0.910. The molecule has 6 heteroatoms. The molecule has 2 unspecified atom stereocenters. The van der Waals surface area contributed by atoms with Gasteiger partial charge in [-0.25, -0.2) is 0 Å². The minimum absolute atomic E-state index is 0.479. The molecule has 0 amide bonds. The van der Waals surface area contributed by atoms with E-state index in [2.05, 4.69) is 27.2 Å². The molecule has 2 aliphatic rings. The number of likely N-dealkylation sites (tertiary alicyclic amines) is 1. The Kier molecular flexibility index (Phi) is 4.99. The molecule has 0 bridgehead atoms. The zero-order valence-electron chi connectivity index (χ0n) is 14.0. The van der Waals surface area contributed by atoms with Gasteiger partial charge >= 0.3 is 5.97 Å². The average Bonchev–Trinajstić information content (AvgIpc) is 3.04. The number of aromatic amines is 1. The molecule has 3 rings (SSSR count). The lowest BCUT2D eigenvalue weighted by Crippen LogP contribution is -2.47. The van der Waals surface area contributed by atoms with Gasteiger partial charge in [-0.3, -0.25) is 4.79 Å². The van der Waals surface area contributed by atoms with E-state index in [-0.39, 0.29) is 0 Å². The molecular formula is C17H28N4O2. The van der Waals surface area contributed by atoms with Crippen LogP contribution < -0.4 is 0 Å². The van der Waals surface area contributed by atoms with E-state index in [0.29, 0.717) is 19.3 Å². The highest BCUT2D eigenvalue weighted by Gasteiger charge is 2.42. The summed E-state index contributed by atoms with van der Waals surface area (Å²) in [4.78, 5) is 14.4. The van der Waals surface area contributed by atoms with Crippen LogP contribution >= 0.6 is 0 Å². The van der Waals surface area contributed by atoms with Crippen molar-refractivity contribution in [2.24, 2.45) is 17.3 Å². The average molecular weight is 320 g/mol. The molecule has 1 aliphatic heterocycles. The number of nitrogens with zero attached hydrogens (tertiary/aromatic N) is 3. The van der Waals surface area contributed by atoms with Crippen molar-refractivity contribution in [2.45, 2.75) is 51.9 Å². The third kappa shape index (κ3) is 3.74. The Morgan fingerprint density at radius 3 is 2.74 bits per heavy atom. The number of rotatable bonds is 5. The number of hydrogen-bond donors (Lipinski definition) is 2. The zero-order chi connectivity index (χ0) is 16.3. The predicted molar refractivity (Wildman–Crippen MR) is 87.0 cm³/mol. The summed E-state index contributed by atoms with van der Waals surface area (Å²) in [6, 6.07) is 0. The van der Waals surface area contributed by atoms with E-state index >= 15 is 0 Å². The second-order valence-corrected chi connectivity index (χ2v) is 7.55. The maximum Gasteiger partial charge on any atom is 0.310 e. The summed E-state index contributed by atoms with van der Waals surface area (Å²) in [6.45, 7) is 5.28. The highest BCUT2D eigenvalue weighted by Crippen LogP contribution is 2.37. The monoisotopic (exact) mass is 320 g/mol. The van der Waals surface area contributed by atoms with E-state index in [0.717, 1.165) is 37.2 Å². The Bertz CT molecular complexity index is 509. The lowest BCUT2D eigenvalue weighted by Gasteiger charge is -2.41. The molecule has 128 valence electrons. The minimum Gasteiger partial charge on any atom is -0.481 e. The van der Waals surface area contributed by atoms with Crippen LogP contribution in [0.3, 0.4) is 0 Å². The molecule has 2 heterocycles. The van der Waals surface area contributed by atoms with E-state index in [9.17, 15) is 9.90 Å². The fourth-order valence-electron chi connectivity index (χ4n) is 4.28. The number of aromatic nitrogens is 3.